The number of benzene rings is 2. The molecule has 3 atom stereocenters. The van der Waals surface area contributed by atoms with Crippen molar-refractivity contribution < 1.29 is 8.42 Å². The zero-order chi connectivity index (χ0) is 19.7. The van der Waals surface area contributed by atoms with Crippen LogP contribution in [0.15, 0.2) is 65.7 Å². The number of aromatic amines is 1. The molecule has 6 heteroatoms. The summed E-state index contributed by atoms with van der Waals surface area (Å²) in [4.78, 5) is 5.58. The van der Waals surface area contributed by atoms with Crippen molar-refractivity contribution in [3.05, 3.63) is 66.4 Å². The number of sulfone groups is 1. The molecule has 2 aromatic carbocycles. The second-order valence-corrected chi connectivity index (χ2v) is 9.63. The minimum atomic E-state index is -3.52. The standard InChI is InChI=1S/C22H23N3O2S/c1-25-12-11-22(28(26,27)17-7-3-2-4-8-17)19(21(25)14-23)13-16-15-24-20-10-6-5-9-18(16)20/h2-10,15,19,21-22,24H,11-13H2,1H3/t19-,21+,22-/m1/s1. The predicted molar refractivity (Wildman–Crippen MR) is 110 cm³/mol. The average Bonchev–Trinajstić information content (AvgIpc) is 3.12. The van der Waals surface area contributed by atoms with Gasteiger partial charge in [-0.25, -0.2) is 8.42 Å². The van der Waals surface area contributed by atoms with Crippen molar-refractivity contribution in [3.8, 4) is 6.07 Å². The molecule has 0 aliphatic carbocycles. The molecule has 1 aliphatic rings. The zero-order valence-electron chi connectivity index (χ0n) is 15.7. The molecule has 5 nitrogen and oxygen atoms in total. The third-order valence-electron chi connectivity index (χ3n) is 5.86. The van der Waals surface area contributed by atoms with E-state index in [4.69, 9.17) is 0 Å². The topological polar surface area (TPSA) is 77.0 Å². The molecule has 1 saturated heterocycles. The maximum Gasteiger partial charge on any atom is 0.181 e. The largest absolute Gasteiger partial charge is 0.361 e. The first-order valence-electron chi connectivity index (χ1n) is 9.46. The van der Waals surface area contributed by atoms with Gasteiger partial charge in [0.2, 0.25) is 0 Å². The van der Waals surface area contributed by atoms with Crippen LogP contribution in [0.1, 0.15) is 12.0 Å². The molecule has 144 valence electrons. The van der Waals surface area contributed by atoms with Gasteiger partial charge in [0, 0.05) is 29.6 Å². The van der Waals surface area contributed by atoms with Gasteiger partial charge in [0.1, 0.15) is 6.04 Å². The van der Waals surface area contributed by atoms with Crippen molar-refractivity contribution in [3.63, 3.8) is 0 Å². The fourth-order valence-corrected chi connectivity index (χ4v) is 6.38. The first kappa shape index (κ1) is 18.7. The highest BCUT2D eigenvalue weighted by molar-refractivity contribution is 7.92. The Bertz CT molecular complexity index is 1120. The highest BCUT2D eigenvalue weighted by Gasteiger charge is 2.44. The SMILES string of the molecule is CN1CC[C@@H](S(=O)(=O)c2ccccc2)[C@H](Cc2c[nH]c3ccccc23)[C@@H]1C#N. The molecule has 0 bridgehead atoms. The minimum Gasteiger partial charge on any atom is -0.361 e. The molecule has 0 radical (unpaired) electrons. The van der Waals surface area contributed by atoms with Gasteiger partial charge in [0.05, 0.1) is 16.2 Å². The maximum atomic E-state index is 13.4. The number of nitriles is 1. The molecular formula is C22H23N3O2S. The fraction of sp³-hybridized carbons (Fsp3) is 0.318. The number of para-hydroxylation sites is 1. The summed E-state index contributed by atoms with van der Waals surface area (Å²) in [7, 11) is -1.62. The number of H-pyrrole nitrogens is 1. The first-order chi connectivity index (χ1) is 13.5. The molecule has 1 aliphatic heterocycles. The number of nitrogens with one attached hydrogen (secondary N) is 1. The zero-order valence-corrected chi connectivity index (χ0v) is 16.6. The van der Waals surface area contributed by atoms with Crippen molar-refractivity contribution in [2.45, 2.75) is 29.0 Å². The Morgan fingerprint density at radius 1 is 1.14 bits per heavy atom. The second kappa shape index (κ2) is 7.42. The van der Waals surface area contributed by atoms with Crippen molar-refractivity contribution in [1.82, 2.24) is 9.88 Å². The van der Waals surface area contributed by atoms with E-state index in [9.17, 15) is 13.7 Å². The first-order valence-corrected chi connectivity index (χ1v) is 11.0. The summed E-state index contributed by atoms with van der Waals surface area (Å²) >= 11 is 0. The summed E-state index contributed by atoms with van der Waals surface area (Å²) < 4.78 is 26.8. The van der Waals surface area contributed by atoms with E-state index in [-0.39, 0.29) is 5.92 Å². The van der Waals surface area contributed by atoms with E-state index in [0.29, 0.717) is 24.3 Å². The van der Waals surface area contributed by atoms with Crippen LogP contribution in [0.4, 0.5) is 0 Å². The lowest BCUT2D eigenvalue weighted by molar-refractivity contribution is 0.162. The van der Waals surface area contributed by atoms with Gasteiger partial charge in [-0.2, -0.15) is 5.26 Å². The molecular weight excluding hydrogens is 370 g/mol. The van der Waals surface area contributed by atoms with Crippen LogP contribution in [0.25, 0.3) is 10.9 Å². The van der Waals surface area contributed by atoms with Gasteiger partial charge in [-0.1, -0.05) is 36.4 Å². The third-order valence-corrected chi connectivity index (χ3v) is 8.17. The van der Waals surface area contributed by atoms with Gasteiger partial charge in [-0.3, -0.25) is 4.90 Å². The van der Waals surface area contributed by atoms with E-state index in [1.807, 2.05) is 48.5 Å². The molecule has 4 rings (SSSR count). The van der Waals surface area contributed by atoms with Crippen LogP contribution in [0.5, 0.6) is 0 Å². The lowest BCUT2D eigenvalue weighted by Gasteiger charge is -2.40. The molecule has 0 unspecified atom stereocenters. The van der Waals surface area contributed by atoms with Gasteiger partial charge in [0.25, 0.3) is 0 Å². The van der Waals surface area contributed by atoms with Crippen LogP contribution in [0.2, 0.25) is 0 Å². The van der Waals surface area contributed by atoms with Crippen molar-refractivity contribution in [2.75, 3.05) is 13.6 Å². The lowest BCUT2D eigenvalue weighted by atomic mass is 9.84. The Balaban J connectivity index is 1.76. The Kier molecular flexibility index (Phi) is 4.96. The molecule has 0 spiro atoms. The van der Waals surface area contributed by atoms with Gasteiger partial charge in [-0.05, 0) is 43.7 Å². The molecule has 1 N–H and O–H groups in total. The smallest absolute Gasteiger partial charge is 0.181 e. The van der Waals surface area contributed by atoms with E-state index in [2.05, 4.69) is 11.1 Å². The van der Waals surface area contributed by atoms with Gasteiger partial charge in [0.15, 0.2) is 9.84 Å². The highest BCUT2D eigenvalue weighted by atomic mass is 32.2. The molecule has 0 amide bonds. The number of piperidine rings is 1. The molecule has 0 saturated carbocycles. The van der Waals surface area contributed by atoms with E-state index in [1.54, 1.807) is 24.3 Å². The Labute approximate surface area is 165 Å². The van der Waals surface area contributed by atoms with E-state index < -0.39 is 21.1 Å². The number of likely N-dealkylation sites (tertiary alicyclic amines) is 1. The number of fused-ring (bicyclic) bond motifs is 1. The van der Waals surface area contributed by atoms with Crippen molar-refractivity contribution in [2.24, 2.45) is 5.92 Å². The molecule has 1 fully saturated rings. The molecule has 28 heavy (non-hydrogen) atoms. The molecule has 1 aromatic heterocycles. The van der Waals surface area contributed by atoms with Crippen LogP contribution in [-0.2, 0) is 16.3 Å². The predicted octanol–water partition coefficient (Wildman–Crippen LogP) is 3.40. The fourth-order valence-electron chi connectivity index (χ4n) is 4.38. The third kappa shape index (κ3) is 3.21. The van der Waals surface area contributed by atoms with Crippen LogP contribution < -0.4 is 0 Å². The molecule has 2 heterocycles. The summed E-state index contributed by atoms with van der Waals surface area (Å²) in [5.74, 6) is -0.298. The minimum absolute atomic E-state index is 0.298. The van der Waals surface area contributed by atoms with Gasteiger partial charge in [-0.15, -0.1) is 0 Å². The van der Waals surface area contributed by atoms with Crippen LogP contribution in [-0.4, -0.2) is 43.2 Å². The van der Waals surface area contributed by atoms with E-state index >= 15 is 0 Å². The number of aromatic nitrogens is 1. The summed E-state index contributed by atoms with van der Waals surface area (Å²) in [5, 5.41) is 10.3. The second-order valence-electron chi connectivity index (χ2n) is 7.47. The van der Waals surface area contributed by atoms with Gasteiger partial charge >= 0.3 is 0 Å². The monoisotopic (exact) mass is 393 g/mol. The van der Waals surface area contributed by atoms with Crippen molar-refractivity contribution in [1.29, 1.82) is 5.26 Å². The number of hydrogen-bond acceptors (Lipinski definition) is 4. The van der Waals surface area contributed by atoms with Crippen LogP contribution in [0.3, 0.4) is 0 Å². The number of nitrogens with zero attached hydrogens (tertiary/aromatic N) is 2. The summed E-state index contributed by atoms with van der Waals surface area (Å²) in [6, 6.07) is 18.5. The average molecular weight is 394 g/mol. The Morgan fingerprint density at radius 2 is 1.86 bits per heavy atom. The normalized spacial score (nSPS) is 23.5. The number of hydrogen-bond donors (Lipinski definition) is 1. The Morgan fingerprint density at radius 3 is 2.61 bits per heavy atom. The summed E-state index contributed by atoms with van der Waals surface area (Å²) in [6.07, 6.45) is 3.02. The Hall–Kier alpha value is -2.62. The lowest BCUT2D eigenvalue weighted by Crippen LogP contribution is -2.52. The van der Waals surface area contributed by atoms with Crippen LogP contribution in [0, 0.1) is 17.2 Å². The van der Waals surface area contributed by atoms with E-state index in [1.165, 1.54) is 0 Å². The van der Waals surface area contributed by atoms with Crippen molar-refractivity contribution >= 4 is 20.7 Å². The summed E-state index contributed by atoms with van der Waals surface area (Å²) in [6.45, 7) is 0.597. The van der Waals surface area contributed by atoms with E-state index in [0.717, 1.165) is 16.5 Å². The highest BCUT2D eigenvalue weighted by Crippen LogP contribution is 2.35. The molecule has 3 aromatic rings. The quantitative estimate of drug-likeness (QED) is 0.737. The number of rotatable bonds is 4. The maximum absolute atomic E-state index is 13.4. The van der Waals surface area contributed by atoms with Crippen LogP contribution >= 0.6 is 0 Å². The van der Waals surface area contributed by atoms with Gasteiger partial charge < -0.3 is 4.98 Å². The summed E-state index contributed by atoms with van der Waals surface area (Å²) in [5.41, 5.74) is 2.09.